The first-order valence-corrected chi connectivity index (χ1v) is 5.23. The predicted molar refractivity (Wildman–Crippen MR) is 59.1 cm³/mol. The highest BCUT2D eigenvalue weighted by molar-refractivity contribution is 5.73. The highest BCUT2D eigenvalue weighted by atomic mass is 19.1. The predicted octanol–water partition coefficient (Wildman–Crippen LogP) is 1.82. The Morgan fingerprint density at radius 1 is 1.56 bits per heavy atom. The Labute approximate surface area is 94.1 Å². The third kappa shape index (κ3) is 3.62. The molecule has 16 heavy (non-hydrogen) atoms. The molecule has 0 aromatic heterocycles. The number of halogens is 1. The summed E-state index contributed by atoms with van der Waals surface area (Å²) >= 11 is 0. The Balaban J connectivity index is 2.55. The number of hydrogen-bond acceptors (Lipinski definition) is 2. The summed E-state index contributed by atoms with van der Waals surface area (Å²) in [5.41, 5.74) is 6.17. The first-order valence-electron chi connectivity index (χ1n) is 5.23. The molecule has 0 aliphatic rings. The molecule has 4 heteroatoms. The van der Waals surface area contributed by atoms with Gasteiger partial charge in [0.15, 0.2) is 0 Å². The molecule has 1 aromatic carbocycles. The number of amides is 1. The molecule has 0 fully saturated rings. The van der Waals surface area contributed by atoms with Crippen LogP contribution in [0.4, 0.5) is 4.39 Å². The minimum absolute atomic E-state index is 0.261. The van der Waals surface area contributed by atoms with Gasteiger partial charge in [0.25, 0.3) is 0 Å². The van der Waals surface area contributed by atoms with Gasteiger partial charge in [-0.15, -0.1) is 0 Å². The molecule has 3 N–H and O–H groups in total. The molecule has 1 unspecified atom stereocenters. The maximum Gasteiger partial charge on any atom is 0.217 e. The lowest BCUT2D eigenvalue weighted by Gasteiger charge is -2.11. The fourth-order valence-electron chi connectivity index (χ4n) is 1.51. The molecule has 0 bridgehead atoms. The van der Waals surface area contributed by atoms with Crippen molar-refractivity contribution in [1.29, 1.82) is 0 Å². The number of carbonyl (C=O) groups excluding carboxylic acids is 1. The summed E-state index contributed by atoms with van der Waals surface area (Å²) in [7, 11) is 0. The monoisotopic (exact) mass is 225 g/mol. The zero-order valence-electron chi connectivity index (χ0n) is 9.24. The maximum absolute atomic E-state index is 13.0. The third-order valence-electron chi connectivity index (χ3n) is 2.47. The first-order chi connectivity index (χ1) is 7.50. The smallest absolute Gasteiger partial charge is 0.217 e. The largest absolute Gasteiger partial charge is 0.388 e. The maximum atomic E-state index is 13.0. The Kier molecular flexibility index (Phi) is 4.43. The molecule has 1 rings (SSSR count). The van der Waals surface area contributed by atoms with E-state index in [0.717, 1.165) is 0 Å². The van der Waals surface area contributed by atoms with Crippen molar-refractivity contribution in [3.8, 4) is 0 Å². The van der Waals surface area contributed by atoms with Gasteiger partial charge in [-0.25, -0.2) is 4.39 Å². The average molecular weight is 225 g/mol. The zero-order valence-corrected chi connectivity index (χ0v) is 9.24. The summed E-state index contributed by atoms with van der Waals surface area (Å²) in [5, 5.41) is 9.77. The van der Waals surface area contributed by atoms with E-state index in [1.165, 1.54) is 6.07 Å². The second-order valence-corrected chi connectivity index (χ2v) is 3.88. The Hall–Kier alpha value is -1.42. The van der Waals surface area contributed by atoms with Gasteiger partial charge in [0, 0.05) is 6.42 Å². The summed E-state index contributed by atoms with van der Waals surface area (Å²) in [4.78, 5) is 10.5. The fraction of sp³-hybridized carbons (Fsp3) is 0.417. The van der Waals surface area contributed by atoms with Gasteiger partial charge in [0.2, 0.25) is 5.91 Å². The average Bonchev–Trinajstić information content (AvgIpc) is 2.21. The van der Waals surface area contributed by atoms with E-state index < -0.39 is 6.10 Å². The van der Waals surface area contributed by atoms with Crippen LogP contribution in [0.2, 0.25) is 0 Å². The molecule has 0 aliphatic heterocycles. The van der Waals surface area contributed by atoms with Gasteiger partial charge in [-0.1, -0.05) is 12.1 Å². The van der Waals surface area contributed by atoms with Gasteiger partial charge < -0.3 is 10.8 Å². The van der Waals surface area contributed by atoms with Crippen molar-refractivity contribution in [2.45, 2.75) is 32.3 Å². The number of hydrogen-bond donors (Lipinski definition) is 2. The van der Waals surface area contributed by atoms with Crippen LogP contribution in [-0.2, 0) is 4.79 Å². The SMILES string of the molecule is Cc1cc(C(O)CCCC(N)=O)ccc1F. The van der Waals surface area contributed by atoms with Crippen LogP contribution < -0.4 is 5.73 Å². The number of carbonyl (C=O) groups is 1. The van der Waals surface area contributed by atoms with Crippen LogP contribution >= 0.6 is 0 Å². The fourth-order valence-corrected chi connectivity index (χ4v) is 1.51. The molecule has 0 radical (unpaired) electrons. The van der Waals surface area contributed by atoms with Gasteiger partial charge in [-0.2, -0.15) is 0 Å². The van der Waals surface area contributed by atoms with Crippen LogP contribution in [0, 0.1) is 12.7 Å². The first kappa shape index (κ1) is 12.6. The molecule has 0 aliphatic carbocycles. The number of aryl methyl sites for hydroxylation is 1. The minimum Gasteiger partial charge on any atom is -0.388 e. The third-order valence-corrected chi connectivity index (χ3v) is 2.47. The summed E-state index contributed by atoms with van der Waals surface area (Å²) < 4.78 is 13.0. The number of aliphatic hydroxyl groups excluding tert-OH is 1. The van der Waals surface area contributed by atoms with Gasteiger partial charge in [-0.05, 0) is 37.0 Å². The van der Waals surface area contributed by atoms with Gasteiger partial charge in [0.05, 0.1) is 6.10 Å². The van der Waals surface area contributed by atoms with Crippen molar-refractivity contribution in [1.82, 2.24) is 0 Å². The molecule has 0 saturated heterocycles. The molecule has 0 saturated carbocycles. The quantitative estimate of drug-likeness (QED) is 0.802. The van der Waals surface area contributed by atoms with E-state index >= 15 is 0 Å². The van der Waals surface area contributed by atoms with Crippen molar-refractivity contribution in [3.63, 3.8) is 0 Å². The molecular weight excluding hydrogens is 209 g/mol. The molecule has 3 nitrogen and oxygen atoms in total. The molecule has 1 atom stereocenters. The summed E-state index contributed by atoms with van der Waals surface area (Å²) in [6, 6.07) is 4.50. The Bertz CT molecular complexity index is 379. The van der Waals surface area contributed by atoms with E-state index in [1.807, 2.05) is 0 Å². The van der Waals surface area contributed by atoms with E-state index in [-0.39, 0.29) is 18.1 Å². The van der Waals surface area contributed by atoms with Crippen LogP contribution in [0.3, 0.4) is 0 Å². The normalized spacial score (nSPS) is 12.4. The summed E-state index contributed by atoms with van der Waals surface area (Å²) in [5.74, 6) is -0.657. The van der Waals surface area contributed by atoms with E-state index in [9.17, 15) is 14.3 Å². The van der Waals surface area contributed by atoms with Gasteiger partial charge in [-0.3, -0.25) is 4.79 Å². The summed E-state index contributed by atoms with van der Waals surface area (Å²) in [6.07, 6.45) is 0.580. The van der Waals surface area contributed by atoms with Gasteiger partial charge in [0.1, 0.15) is 5.82 Å². The van der Waals surface area contributed by atoms with Crippen LogP contribution in [-0.4, -0.2) is 11.0 Å². The van der Waals surface area contributed by atoms with Crippen molar-refractivity contribution < 1.29 is 14.3 Å². The Morgan fingerprint density at radius 2 is 2.25 bits per heavy atom. The van der Waals surface area contributed by atoms with Crippen LogP contribution in [0.5, 0.6) is 0 Å². The second kappa shape index (κ2) is 5.61. The van der Waals surface area contributed by atoms with E-state index in [1.54, 1.807) is 19.1 Å². The lowest BCUT2D eigenvalue weighted by molar-refractivity contribution is -0.118. The minimum atomic E-state index is -0.668. The topological polar surface area (TPSA) is 63.3 Å². The standard InChI is InChI=1S/C12H16FNO2/c1-8-7-9(5-6-10(8)13)11(15)3-2-4-12(14)16/h5-7,11,15H,2-4H2,1H3,(H2,14,16). The number of nitrogens with two attached hydrogens (primary N) is 1. The highest BCUT2D eigenvalue weighted by Gasteiger charge is 2.09. The van der Waals surface area contributed by atoms with Crippen LogP contribution in [0.1, 0.15) is 36.5 Å². The van der Waals surface area contributed by atoms with E-state index in [0.29, 0.717) is 24.0 Å². The number of rotatable bonds is 5. The van der Waals surface area contributed by atoms with Gasteiger partial charge >= 0.3 is 0 Å². The van der Waals surface area contributed by atoms with Crippen molar-refractivity contribution in [2.24, 2.45) is 5.73 Å². The van der Waals surface area contributed by atoms with Crippen molar-refractivity contribution >= 4 is 5.91 Å². The summed E-state index contributed by atoms with van der Waals surface area (Å²) in [6.45, 7) is 1.65. The molecule has 1 aromatic rings. The number of benzene rings is 1. The molecule has 0 heterocycles. The Morgan fingerprint density at radius 3 is 2.81 bits per heavy atom. The molecular formula is C12H16FNO2. The second-order valence-electron chi connectivity index (χ2n) is 3.88. The van der Waals surface area contributed by atoms with Crippen molar-refractivity contribution in [3.05, 3.63) is 35.1 Å². The molecule has 88 valence electrons. The highest BCUT2D eigenvalue weighted by Crippen LogP contribution is 2.21. The van der Waals surface area contributed by atoms with E-state index in [4.69, 9.17) is 5.73 Å². The van der Waals surface area contributed by atoms with Crippen LogP contribution in [0.25, 0.3) is 0 Å². The molecule has 1 amide bonds. The molecule has 0 spiro atoms. The lowest BCUT2D eigenvalue weighted by atomic mass is 10.0. The van der Waals surface area contributed by atoms with E-state index in [2.05, 4.69) is 0 Å². The number of primary amides is 1. The van der Waals surface area contributed by atoms with Crippen molar-refractivity contribution in [2.75, 3.05) is 0 Å². The van der Waals surface area contributed by atoms with Crippen LogP contribution in [0.15, 0.2) is 18.2 Å². The lowest BCUT2D eigenvalue weighted by Crippen LogP contribution is -2.10. The zero-order chi connectivity index (χ0) is 12.1. The number of aliphatic hydroxyl groups is 1.